The normalized spacial score (nSPS) is 20.7. The van der Waals surface area contributed by atoms with Crippen LogP contribution in [0.15, 0.2) is 17.1 Å². The Balaban J connectivity index is 1.17. The first-order valence-electron chi connectivity index (χ1n) is 10.7. The van der Waals surface area contributed by atoms with Crippen LogP contribution in [-0.4, -0.2) is 43.9 Å². The van der Waals surface area contributed by atoms with Gasteiger partial charge in [0.15, 0.2) is 0 Å². The zero-order valence-electron chi connectivity index (χ0n) is 16.5. The first kappa shape index (κ1) is 18.1. The van der Waals surface area contributed by atoms with Gasteiger partial charge in [-0.25, -0.2) is 9.67 Å². The molecule has 0 spiro atoms. The number of piperidine rings is 1. The number of nitrogens with zero attached hydrogens (tertiary/aromatic N) is 5. The highest BCUT2D eigenvalue weighted by molar-refractivity contribution is 5.20. The second-order valence-electron chi connectivity index (χ2n) is 8.46. The second kappa shape index (κ2) is 7.79. The summed E-state index contributed by atoms with van der Waals surface area (Å²) in [6, 6.07) is 1.83. The van der Waals surface area contributed by atoms with Gasteiger partial charge >= 0.3 is 0 Å². The third-order valence-corrected chi connectivity index (χ3v) is 6.41. The number of fused-ring (bicyclic) bond motifs is 2. The Morgan fingerprint density at radius 1 is 1.14 bits per heavy atom. The third-order valence-electron chi connectivity index (χ3n) is 6.41. The first-order valence-corrected chi connectivity index (χ1v) is 10.7. The Labute approximate surface area is 165 Å². The van der Waals surface area contributed by atoms with Crippen molar-refractivity contribution in [2.45, 2.75) is 64.8 Å². The average Bonchev–Trinajstić information content (AvgIpc) is 3.12. The molecule has 1 fully saturated rings. The molecule has 7 heteroatoms. The zero-order valence-corrected chi connectivity index (χ0v) is 16.5. The fraction of sp³-hybridized carbons (Fsp3) is 0.667. The molecular formula is C21H29N5O2. The minimum Gasteiger partial charge on any atom is -0.372 e. The van der Waals surface area contributed by atoms with Crippen molar-refractivity contribution in [3.05, 3.63) is 45.4 Å². The maximum absolute atomic E-state index is 12.4. The number of hydrogen-bond acceptors (Lipinski definition) is 5. The summed E-state index contributed by atoms with van der Waals surface area (Å²) in [6.45, 7) is 6.10. The van der Waals surface area contributed by atoms with Crippen molar-refractivity contribution in [1.82, 2.24) is 24.2 Å². The lowest BCUT2D eigenvalue weighted by atomic mass is 9.96. The zero-order chi connectivity index (χ0) is 18.9. The van der Waals surface area contributed by atoms with Crippen molar-refractivity contribution in [1.29, 1.82) is 0 Å². The van der Waals surface area contributed by atoms with Gasteiger partial charge in [-0.2, -0.15) is 5.10 Å². The van der Waals surface area contributed by atoms with Gasteiger partial charge in [0.2, 0.25) is 0 Å². The molecule has 7 nitrogen and oxygen atoms in total. The standard InChI is InChI=1S/C21H29N5O2/c27-21-11-17-3-1-2-4-19(17)23-26(21)12-16-5-7-24(8-6-16)13-18-14-25-9-10-28-15-20(25)22-18/h11,14,16H,1-10,12-13,15H2. The van der Waals surface area contributed by atoms with Crippen LogP contribution < -0.4 is 5.56 Å². The van der Waals surface area contributed by atoms with Crippen LogP contribution in [0.1, 0.15) is 48.5 Å². The van der Waals surface area contributed by atoms with Crippen LogP contribution in [0.25, 0.3) is 0 Å². The van der Waals surface area contributed by atoms with Gasteiger partial charge in [0.05, 0.1) is 18.0 Å². The number of ether oxygens (including phenoxy) is 1. The Kier molecular flexibility index (Phi) is 5.03. The molecule has 4 heterocycles. The number of likely N-dealkylation sites (tertiary alicyclic amines) is 1. The summed E-state index contributed by atoms with van der Waals surface area (Å²) >= 11 is 0. The van der Waals surface area contributed by atoms with E-state index in [1.165, 1.54) is 18.4 Å². The molecule has 150 valence electrons. The summed E-state index contributed by atoms with van der Waals surface area (Å²) in [6.07, 6.45) is 8.82. The summed E-state index contributed by atoms with van der Waals surface area (Å²) in [5, 5.41) is 4.70. The molecule has 3 aliphatic rings. The predicted octanol–water partition coefficient (Wildman–Crippen LogP) is 1.76. The summed E-state index contributed by atoms with van der Waals surface area (Å²) in [7, 11) is 0. The Hall–Kier alpha value is -1.99. The largest absolute Gasteiger partial charge is 0.372 e. The molecule has 2 aromatic rings. The Bertz CT molecular complexity index is 871. The van der Waals surface area contributed by atoms with Crippen molar-refractivity contribution < 1.29 is 4.74 Å². The summed E-state index contributed by atoms with van der Waals surface area (Å²) < 4.78 is 9.44. The molecule has 0 aromatic carbocycles. The highest BCUT2D eigenvalue weighted by atomic mass is 16.5. The lowest BCUT2D eigenvalue weighted by Gasteiger charge is -2.31. The van der Waals surface area contributed by atoms with Crippen molar-refractivity contribution in [2.24, 2.45) is 5.92 Å². The van der Waals surface area contributed by atoms with Gasteiger partial charge in [0.1, 0.15) is 12.4 Å². The number of hydrogen-bond donors (Lipinski definition) is 0. The quantitative estimate of drug-likeness (QED) is 0.805. The number of imidazole rings is 1. The molecular weight excluding hydrogens is 354 g/mol. The van der Waals surface area contributed by atoms with E-state index in [9.17, 15) is 4.79 Å². The van der Waals surface area contributed by atoms with Crippen molar-refractivity contribution in [2.75, 3.05) is 19.7 Å². The minimum absolute atomic E-state index is 0.0777. The molecule has 2 aromatic heterocycles. The van der Waals surface area contributed by atoms with Gasteiger partial charge in [-0.1, -0.05) is 0 Å². The maximum Gasteiger partial charge on any atom is 0.267 e. The second-order valence-corrected chi connectivity index (χ2v) is 8.46. The monoisotopic (exact) mass is 383 g/mol. The molecule has 1 aliphatic carbocycles. The Morgan fingerprint density at radius 2 is 2.00 bits per heavy atom. The average molecular weight is 383 g/mol. The topological polar surface area (TPSA) is 65.2 Å². The van der Waals surface area contributed by atoms with E-state index in [0.29, 0.717) is 12.5 Å². The van der Waals surface area contributed by atoms with Crippen LogP contribution in [0.2, 0.25) is 0 Å². The van der Waals surface area contributed by atoms with E-state index in [-0.39, 0.29) is 5.56 Å². The van der Waals surface area contributed by atoms with E-state index in [1.54, 1.807) is 4.68 Å². The van der Waals surface area contributed by atoms with E-state index in [4.69, 9.17) is 14.8 Å². The van der Waals surface area contributed by atoms with Gasteiger partial charge in [0.25, 0.3) is 5.56 Å². The van der Waals surface area contributed by atoms with Crippen LogP contribution in [-0.2, 0) is 43.8 Å². The van der Waals surface area contributed by atoms with E-state index in [2.05, 4.69) is 15.7 Å². The Morgan fingerprint density at radius 3 is 2.86 bits per heavy atom. The highest BCUT2D eigenvalue weighted by Gasteiger charge is 2.23. The summed E-state index contributed by atoms with van der Waals surface area (Å²) in [5.74, 6) is 1.58. The molecule has 0 amide bonds. The molecule has 28 heavy (non-hydrogen) atoms. The molecule has 0 saturated carbocycles. The van der Waals surface area contributed by atoms with Crippen LogP contribution in [0.4, 0.5) is 0 Å². The van der Waals surface area contributed by atoms with Gasteiger partial charge in [-0.3, -0.25) is 9.69 Å². The number of aryl methyl sites for hydroxylation is 2. The van der Waals surface area contributed by atoms with Gasteiger partial charge in [0, 0.05) is 31.9 Å². The fourth-order valence-corrected chi connectivity index (χ4v) is 4.76. The number of aromatic nitrogens is 4. The van der Waals surface area contributed by atoms with E-state index in [1.807, 2.05) is 6.07 Å². The van der Waals surface area contributed by atoms with Gasteiger partial charge in [-0.15, -0.1) is 0 Å². The van der Waals surface area contributed by atoms with Crippen LogP contribution in [0.3, 0.4) is 0 Å². The summed E-state index contributed by atoms with van der Waals surface area (Å²) in [5.41, 5.74) is 3.55. The van der Waals surface area contributed by atoms with Gasteiger partial charge < -0.3 is 9.30 Å². The minimum atomic E-state index is 0.0777. The lowest BCUT2D eigenvalue weighted by molar-refractivity contribution is 0.0816. The molecule has 5 rings (SSSR count). The van der Waals surface area contributed by atoms with Crippen LogP contribution in [0.5, 0.6) is 0 Å². The molecule has 1 saturated heterocycles. The van der Waals surface area contributed by atoms with E-state index < -0.39 is 0 Å². The van der Waals surface area contributed by atoms with Crippen LogP contribution >= 0.6 is 0 Å². The smallest absolute Gasteiger partial charge is 0.267 e. The summed E-state index contributed by atoms with van der Waals surface area (Å²) in [4.78, 5) is 19.6. The first-order chi connectivity index (χ1) is 13.7. The van der Waals surface area contributed by atoms with Crippen molar-refractivity contribution in [3.63, 3.8) is 0 Å². The van der Waals surface area contributed by atoms with Gasteiger partial charge in [-0.05, 0) is 63.1 Å². The van der Waals surface area contributed by atoms with Crippen molar-refractivity contribution in [3.8, 4) is 0 Å². The van der Waals surface area contributed by atoms with E-state index in [0.717, 1.165) is 82.2 Å². The fourth-order valence-electron chi connectivity index (χ4n) is 4.76. The molecule has 2 aliphatic heterocycles. The highest BCUT2D eigenvalue weighted by Crippen LogP contribution is 2.22. The predicted molar refractivity (Wildman–Crippen MR) is 105 cm³/mol. The molecule has 0 unspecified atom stereocenters. The SMILES string of the molecule is O=c1cc2c(nn1CC1CCN(Cc3cn4c(n3)COCC4)CC1)CCCC2. The maximum atomic E-state index is 12.4. The molecule has 0 N–H and O–H groups in total. The number of rotatable bonds is 4. The molecule has 0 radical (unpaired) electrons. The van der Waals surface area contributed by atoms with E-state index >= 15 is 0 Å². The van der Waals surface area contributed by atoms with Crippen LogP contribution in [0, 0.1) is 5.92 Å². The molecule has 0 bridgehead atoms. The third kappa shape index (κ3) is 3.78. The lowest BCUT2D eigenvalue weighted by Crippen LogP contribution is -2.37. The van der Waals surface area contributed by atoms with Crippen molar-refractivity contribution >= 4 is 0 Å². The molecule has 0 atom stereocenters.